The second-order valence-corrected chi connectivity index (χ2v) is 6.23. The number of likely N-dealkylation sites (tertiary alicyclic amines) is 1. The molecule has 0 spiro atoms. The molecule has 7 heteroatoms. The molecule has 1 fully saturated rings. The van der Waals surface area contributed by atoms with E-state index in [1.54, 1.807) is 12.1 Å². The summed E-state index contributed by atoms with van der Waals surface area (Å²) in [4.78, 5) is 37.1. The van der Waals surface area contributed by atoms with Gasteiger partial charge in [-0.1, -0.05) is 6.42 Å². The fraction of sp³-hybridized carbons (Fsp3) is 0.611. The van der Waals surface area contributed by atoms with Gasteiger partial charge in [0.05, 0.1) is 6.26 Å². The Balaban J connectivity index is 1.49. The molecule has 25 heavy (non-hydrogen) atoms. The summed E-state index contributed by atoms with van der Waals surface area (Å²) < 4.78 is 4.98. The van der Waals surface area contributed by atoms with E-state index in [2.05, 4.69) is 10.6 Å². The molecule has 2 rings (SSSR count). The third kappa shape index (κ3) is 6.99. The van der Waals surface area contributed by atoms with Crippen LogP contribution in [0.3, 0.4) is 0 Å². The lowest BCUT2D eigenvalue weighted by molar-refractivity contribution is -0.130. The van der Waals surface area contributed by atoms with Crippen LogP contribution in [0.1, 0.15) is 55.5 Å². The standard InChI is InChI=1S/C18H27N3O4/c22-16(8-4-10-20-18(24)15-7-5-14-25-15)19-11-6-13-21-12-3-1-2-9-17(21)23/h5,7,14H,1-4,6,8-13H2,(H,19,22)(H,20,24). The number of hydrogen-bond acceptors (Lipinski definition) is 4. The molecule has 0 radical (unpaired) electrons. The van der Waals surface area contributed by atoms with Gasteiger partial charge in [-0.05, 0) is 37.8 Å². The molecule has 0 saturated carbocycles. The van der Waals surface area contributed by atoms with Gasteiger partial charge in [0.2, 0.25) is 11.8 Å². The maximum Gasteiger partial charge on any atom is 0.286 e. The minimum atomic E-state index is -0.271. The molecule has 1 aliphatic rings. The normalized spacial score (nSPS) is 14.9. The average Bonchev–Trinajstić information content (AvgIpc) is 3.07. The molecule has 7 nitrogen and oxygen atoms in total. The minimum Gasteiger partial charge on any atom is -0.459 e. The Bertz CT molecular complexity index is 557. The van der Waals surface area contributed by atoms with Gasteiger partial charge in [-0.2, -0.15) is 0 Å². The highest BCUT2D eigenvalue weighted by molar-refractivity contribution is 5.91. The van der Waals surface area contributed by atoms with E-state index < -0.39 is 0 Å². The monoisotopic (exact) mass is 349 g/mol. The van der Waals surface area contributed by atoms with Crippen molar-refractivity contribution >= 4 is 17.7 Å². The SMILES string of the molecule is O=C(CCCNC(=O)c1ccco1)NCCCN1CCCCCC1=O. The molecule has 1 aromatic rings. The van der Waals surface area contributed by atoms with E-state index in [4.69, 9.17) is 4.42 Å². The molecule has 0 unspecified atom stereocenters. The molecule has 3 amide bonds. The maximum absolute atomic E-state index is 11.9. The lowest BCUT2D eigenvalue weighted by Crippen LogP contribution is -2.34. The number of rotatable bonds is 9. The zero-order chi connectivity index (χ0) is 17.9. The Labute approximate surface area is 148 Å². The fourth-order valence-electron chi connectivity index (χ4n) is 2.81. The Morgan fingerprint density at radius 2 is 1.96 bits per heavy atom. The van der Waals surface area contributed by atoms with E-state index in [1.165, 1.54) is 6.26 Å². The van der Waals surface area contributed by atoms with Crippen LogP contribution in [0.2, 0.25) is 0 Å². The van der Waals surface area contributed by atoms with Crippen molar-refractivity contribution in [3.05, 3.63) is 24.2 Å². The summed E-state index contributed by atoms with van der Waals surface area (Å²) in [6, 6.07) is 3.25. The van der Waals surface area contributed by atoms with Crippen LogP contribution in [0.4, 0.5) is 0 Å². The summed E-state index contributed by atoms with van der Waals surface area (Å²) in [5, 5.41) is 5.56. The smallest absolute Gasteiger partial charge is 0.286 e. The van der Waals surface area contributed by atoms with Gasteiger partial charge in [-0.3, -0.25) is 14.4 Å². The van der Waals surface area contributed by atoms with E-state index in [0.29, 0.717) is 38.9 Å². The lowest BCUT2D eigenvalue weighted by Gasteiger charge is -2.20. The zero-order valence-electron chi connectivity index (χ0n) is 14.6. The lowest BCUT2D eigenvalue weighted by atomic mass is 10.2. The topological polar surface area (TPSA) is 91.7 Å². The summed E-state index contributed by atoms with van der Waals surface area (Å²) in [7, 11) is 0. The molecule has 0 bridgehead atoms. The summed E-state index contributed by atoms with van der Waals surface area (Å²) >= 11 is 0. The Morgan fingerprint density at radius 3 is 2.76 bits per heavy atom. The number of hydrogen-bond donors (Lipinski definition) is 2. The molecular weight excluding hydrogens is 322 g/mol. The summed E-state index contributed by atoms with van der Waals surface area (Å²) in [6.45, 7) is 2.54. The van der Waals surface area contributed by atoms with Crippen LogP contribution >= 0.6 is 0 Å². The van der Waals surface area contributed by atoms with Crippen molar-refractivity contribution in [1.82, 2.24) is 15.5 Å². The van der Waals surface area contributed by atoms with Gasteiger partial charge in [0.1, 0.15) is 0 Å². The summed E-state index contributed by atoms with van der Waals surface area (Å²) in [5.41, 5.74) is 0. The Kier molecular flexibility index (Phi) is 8.01. The van der Waals surface area contributed by atoms with Crippen LogP contribution in [0.15, 0.2) is 22.8 Å². The first-order valence-electron chi connectivity index (χ1n) is 9.03. The number of amides is 3. The highest BCUT2D eigenvalue weighted by Gasteiger charge is 2.15. The van der Waals surface area contributed by atoms with E-state index >= 15 is 0 Å². The van der Waals surface area contributed by atoms with E-state index in [9.17, 15) is 14.4 Å². The number of carbonyl (C=O) groups is 3. The van der Waals surface area contributed by atoms with Crippen molar-refractivity contribution in [3.63, 3.8) is 0 Å². The molecule has 0 atom stereocenters. The van der Waals surface area contributed by atoms with Crippen LogP contribution in [-0.2, 0) is 9.59 Å². The van der Waals surface area contributed by atoms with Crippen LogP contribution in [0.5, 0.6) is 0 Å². The van der Waals surface area contributed by atoms with Crippen molar-refractivity contribution in [2.24, 2.45) is 0 Å². The number of nitrogens with one attached hydrogen (secondary N) is 2. The average molecular weight is 349 g/mol. The molecule has 1 aromatic heterocycles. The van der Waals surface area contributed by atoms with Gasteiger partial charge in [0.15, 0.2) is 5.76 Å². The molecule has 138 valence electrons. The molecule has 1 aliphatic heterocycles. The van der Waals surface area contributed by atoms with Gasteiger partial charge < -0.3 is 20.0 Å². The highest BCUT2D eigenvalue weighted by atomic mass is 16.3. The van der Waals surface area contributed by atoms with Crippen molar-refractivity contribution in [2.45, 2.75) is 44.9 Å². The molecular formula is C18H27N3O4. The van der Waals surface area contributed by atoms with Crippen molar-refractivity contribution < 1.29 is 18.8 Å². The highest BCUT2D eigenvalue weighted by Crippen LogP contribution is 2.11. The first-order valence-corrected chi connectivity index (χ1v) is 9.03. The van der Waals surface area contributed by atoms with Gasteiger partial charge in [-0.25, -0.2) is 0 Å². The Hall–Kier alpha value is -2.31. The van der Waals surface area contributed by atoms with Crippen LogP contribution in [0.25, 0.3) is 0 Å². The van der Waals surface area contributed by atoms with Crippen LogP contribution in [0, 0.1) is 0 Å². The number of carbonyl (C=O) groups excluding carboxylic acids is 3. The maximum atomic E-state index is 11.9. The molecule has 0 aromatic carbocycles. The van der Waals surface area contributed by atoms with E-state index in [-0.39, 0.29) is 23.5 Å². The predicted octanol–water partition coefficient (Wildman–Crippen LogP) is 1.70. The van der Waals surface area contributed by atoms with E-state index in [1.807, 2.05) is 4.90 Å². The second-order valence-electron chi connectivity index (χ2n) is 6.23. The van der Waals surface area contributed by atoms with Gasteiger partial charge in [0.25, 0.3) is 5.91 Å². The van der Waals surface area contributed by atoms with E-state index in [0.717, 1.165) is 32.2 Å². The zero-order valence-corrected chi connectivity index (χ0v) is 14.6. The molecule has 2 N–H and O–H groups in total. The third-order valence-electron chi connectivity index (χ3n) is 4.21. The van der Waals surface area contributed by atoms with Crippen molar-refractivity contribution in [1.29, 1.82) is 0 Å². The van der Waals surface area contributed by atoms with Gasteiger partial charge in [0, 0.05) is 39.0 Å². The molecule has 0 aliphatic carbocycles. The van der Waals surface area contributed by atoms with Crippen molar-refractivity contribution in [3.8, 4) is 0 Å². The molecule has 1 saturated heterocycles. The first kappa shape index (κ1) is 19.0. The second kappa shape index (κ2) is 10.5. The molecule has 2 heterocycles. The fourth-order valence-corrected chi connectivity index (χ4v) is 2.81. The Morgan fingerprint density at radius 1 is 1.12 bits per heavy atom. The number of furan rings is 1. The third-order valence-corrected chi connectivity index (χ3v) is 4.21. The van der Waals surface area contributed by atoms with Gasteiger partial charge >= 0.3 is 0 Å². The first-order chi connectivity index (χ1) is 12.2. The van der Waals surface area contributed by atoms with Crippen LogP contribution in [-0.4, -0.2) is 48.8 Å². The minimum absolute atomic E-state index is 0.0329. The van der Waals surface area contributed by atoms with Gasteiger partial charge in [-0.15, -0.1) is 0 Å². The summed E-state index contributed by atoms with van der Waals surface area (Å²) in [5.74, 6) is 0.200. The predicted molar refractivity (Wildman–Crippen MR) is 92.9 cm³/mol. The number of nitrogens with zero attached hydrogens (tertiary/aromatic N) is 1. The summed E-state index contributed by atoms with van der Waals surface area (Å²) in [6.07, 6.45) is 6.98. The quantitative estimate of drug-likeness (QED) is 0.664. The van der Waals surface area contributed by atoms with Crippen molar-refractivity contribution in [2.75, 3.05) is 26.2 Å². The van der Waals surface area contributed by atoms with Crippen LogP contribution < -0.4 is 10.6 Å². The largest absolute Gasteiger partial charge is 0.459 e.